The summed E-state index contributed by atoms with van der Waals surface area (Å²) in [4.78, 5) is 20.0. The van der Waals surface area contributed by atoms with Gasteiger partial charge in [0, 0.05) is 36.6 Å². The molecule has 4 heteroatoms. The highest BCUT2D eigenvalue weighted by molar-refractivity contribution is 6.06. The van der Waals surface area contributed by atoms with Crippen molar-refractivity contribution in [1.29, 1.82) is 0 Å². The molecule has 1 aliphatic heterocycles. The fourth-order valence-corrected chi connectivity index (χ4v) is 1.83. The summed E-state index contributed by atoms with van der Waals surface area (Å²) < 4.78 is 0. The van der Waals surface area contributed by atoms with Crippen LogP contribution in [-0.4, -0.2) is 22.3 Å². The summed E-state index contributed by atoms with van der Waals surface area (Å²) in [6, 6.07) is 3.70. The molecule has 0 aliphatic carbocycles. The number of aromatic nitrogens is 2. The van der Waals surface area contributed by atoms with Crippen molar-refractivity contribution in [3.8, 4) is 0 Å². The molecule has 1 aliphatic rings. The molecule has 0 spiro atoms. The first-order valence-corrected chi connectivity index (χ1v) is 4.86. The predicted molar refractivity (Wildman–Crippen MR) is 57.0 cm³/mol. The minimum absolute atomic E-state index is 0.177. The van der Waals surface area contributed by atoms with Crippen LogP contribution in [0.15, 0.2) is 24.5 Å². The lowest BCUT2D eigenvalue weighted by molar-refractivity contribution is 0.0984. The zero-order chi connectivity index (χ0) is 10.3. The Morgan fingerprint density at radius 1 is 1.13 bits per heavy atom. The van der Waals surface area contributed by atoms with E-state index in [1.54, 1.807) is 12.4 Å². The average molecular weight is 199 g/mol. The van der Waals surface area contributed by atoms with E-state index in [4.69, 9.17) is 0 Å². The highest BCUT2D eigenvalue weighted by Gasteiger charge is 2.17. The molecule has 4 nitrogen and oxygen atoms in total. The second-order valence-corrected chi connectivity index (χ2v) is 3.54. The van der Waals surface area contributed by atoms with Crippen molar-refractivity contribution in [2.24, 2.45) is 0 Å². The molecule has 0 bridgehead atoms. The monoisotopic (exact) mass is 199 g/mol. The molecular formula is C11H9N3O. The van der Waals surface area contributed by atoms with Gasteiger partial charge in [0.2, 0.25) is 0 Å². The lowest BCUT2D eigenvalue weighted by Gasteiger charge is -2.16. The summed E-state index contributed by atoms with van der Waals surface area (Å²) >= 11 is 0. The van der Waals surface area contributed by atoms with E-state index in [1.807, 2.05) is 12.1 Å². The largest absolute Gasteiger partial charge is 0.384 e. The number of nitrogens with one attached hydrogen (secondary N) is 1. The van der Waals surface area contributed by atoms with Crippen LogP contribution in [0, 0.1) is 0 Å². The quantitative estimate of drug-likeness (QED) is 0.700. The predicted octanol–water partition coefficient (Wildman–Crippen LogP) is 1.63. The van der Waals surface area contributed by atoms with Crippen molar-refractivity contribution in [2.45, 2.75) is 6.42 Å². The molecule has 0 amide bonds. The van der Waals surface area contributed by atoms with Crippen LogP contribution in [-0.2, 0) is 0 Å². The molecule has 0 atom stereocenters. The van der Waals surface area contributed by atoms with Crippen LogP contribution in [0.25, 0.3) is 11.0 Å². The number of benzene rings is 1. The lowest BCUT2D eigenvalue weighted by atomic mass is 10.0. The van der Waals surface area contributed by atoms with Crippen molar-refractivity contribution in [1.82, 2.24) is 9.97 Å². The van der Waals surface area contributed by atoms with Gasteiger partial charge in [-0.05, 0) is 12.1 Å². The van der Waals surface area contributed by atoms with Crippen LogP contribution in [0.5, 0.6) is 0 Å². The Labute approximate surface area is 86.4 Å². The van der Waals surface area contributed by atoms with Crippen LogP contribution in [0.1, 0.15) is 16.8 Å². The number of ketones is 1. The maximum atomic E-state index is 11.6. The van der Waals surface area contributed by atoms with Gasteiger partial charge in [-0.2, -0.15) is 0 Å². The summed E-state index contributed by atoms with van der Waals surface area (Å²) in [6.45, 7) is 0.706. The van der Waals surface area contributed by atoms with Crippen LogP contribution in [0.4, 0.5) is 5.69 Å². The minimum atomic E-state index is 0.177. The van der Waals surface area contributed by atoms with Gasteiger partial charge in [0.05, 0.1) is 11.0 Å². The van der Waals surface area contributed by atoms with Crippen LogP contribution >= 0.6 is 0 Å². The normalized spacial score (nSPS) is 14.8. The Morgan fingerprint density at radius 2 is 1.87 bits per heavy atom. The van der Waals surface area contributed by atoms with Gasteiger partial charge in [0.15, 0.2) is 5.78 Å². The highest BCUT2D eigenvalue weighted by Crippen LogP contribution is 2.25. The number of rotatable bonds is 0. The number of carbonyl (C=O) groups is 1. The molecule has 74 valence electrons. The van der Waals surface area contributed by atoms with Gasteiger partial charge in [-0.15, -0.1) is 0 Å². The van der Waals surface area contributed by atoms with Gasteiger partial charge in [-0.25, -0.2) is 0 Å². The number of fused-ring (bicyclic) bond motifs is 2. The van der Waals surface area contributed by atoms with Gasteiger partial charge in [-0.3, -0.25) is 14.8 Å². The Hall–Kier alpha value is -1.97. The van der Waals surface area contributed by atoms with Crippen LogP contribution in [0.2, 0.25) is 0 Å². The number of carbonyl (C=O) groups excluding carboxylic acids is 1. The van der Waals surface area contributed by atoms with Crippen molar-refractivity contribution in [3.05, 3.63) is 30.1 Å². The molecule has 2 heterocycles. The first-order valence-electron chi connectivity index (χ1n) is 4.86. The fraction of sp³-hybridized carbons (Fsp3) is 0.182. The summed E-state index contributed by atoms with van der Waals surface area (Å²) in [6.07, 6.45) is 3.84. The van der Waals surface area contributed by atoms with E-state index >= 15 is 0 Å². The highest BCUT2D eigenvalue weighted by atomic mass is 16.1. The number of anilines is 1. The Bertz CT molecular complexity index is 551. The molecule has 0 radical (unpaired) electrons. The zero-order valence-corrected chi connectivity index (χ0v) is 8.03. The van der Waals surface area contributed by atoms with Crippen molar-refractivity contribution in [3.63, 3.8) is 0 Å². The number of Topliss-reactive ketones (excluding diaryl/α,β-unsaturated/α-hetero) is 1. The molecule has 15 heavy (non-hydrogen) atoms. The summed E-state index contributed by atoms with van der Waals surface area (Å²) in [7, 11) is 0. The molecule has 2 aromatic rings. The molecule has 1 N–H and O–H groups in total. The van der Waals surface area contributed by atoms with Crippen molar-refractivity contribution < 1.29 is 4.79 Å². The van der Waals surface area contributed by atoms with E-state index in [0.717, 1.165) is 22.3 Å². The SMILES string of the molecule is O=C1CCNc2cc3nccnc3cc21. The van der Waals surface area contributed by atoms with Gasteiger partial charge < -0.3 is 5.32 Å². The topological polar surface area (TPSA) is 54.9 Å². The molecule has 0 saturated carbocycles. The number of hydrogen-bond acceptors (Lipinski definition) is 4. The molecule has 0 fully saturated rings. The number of hydrogen-bond donors (Lipinski definition) is 1. The fourth-order valence-electron chi connectivity index (χ4n) is 1.83. The molecule has 1 aromatic heterocycles. The zero-order valence-electron chi connectivity index (χ0n) is 8.03. The standard InChI is InChI=1S/C11H9N3O/c15-11-1-2-12-8-6-10-9(5-7(8)11)13-3-4-14-10/h3-6,12H,1-2H2. The maximum absolute atomic E-state index is 11.6. The van der Waals surface area contributed by atoms with Crippen LogP contribution < -0.4 is 5.32 Å². The third kappa shape index (κ3) is 1.26. The van der Waals surface area contributed by atoms with Gasteiger partial charge >= 0.3 is 0 Å². The molecular weight excluding hydrogens is 190 g/mol. The van der Waals surface area contributed by atoms with E-state index in [-0.39, 0.29) is 5.78 Å². The first kappa shape index (κ1) is 8.35. The van der Waals surface area contributed by atoms with Crippen molar-refractivity contribution in [2.75, 3.05) is 11.9 Å². The molecule has 1 aromatic carbocycles. The van der Waals surface area contributed by atoms with Crippen LogP contribution in [0.3, 0.4) is 0 Å². The van der Waals surface area contributed by atoms with E-state index in [9.17, 15) is 4.79 Å². The van der Waals surface area contributed by atoms with E-state index < -0.39 is 0 Å². The Balaban J connectivity index is 2.32. The summed E-state index contributed by atoms with van der Waals surface area (Å²) in [5.41, 5.74) is 3.19. The van der Waals surface area contributed by atoms with Gasteiger partial charge in [0.1, 0.15) is 0 Å². The number of nitrogens with zero attached hydrogens (tertiary/aromatic N) is 2. The smallest absolute Gasteiger partial charge is 0.166 e. The van der Waals surface area contributed by atoms with Crippen molar-refractivity contribution >= 4 is 22.5 Å². The van der Waals surface area contributed by atoms with Gasteiger partial charge in [0.25, 0.3) is 0 Å². The average Bonchev–Trinajstić information content (AvgIpc) is 2.27. The minimum Gasteiger partial charge on any atom is -0.384 e. The summed E-state index contributed by atoms with van der Waals surface area (Å²) in [5.74, 6) is 0.177. The molecule has 3 rings (SSSR count). The maximum Gasteiger partial charge on any atom is 0.166 e. The molecule has 0 saturated heterocycles. The second kappa shape index (κ2) is 3.02. The second-order valence-electron chi connectivity index (χ2n) is 3.54. The summed E-state index contributed by atoms with van der Waals surface area (Å²) in [5, 5.41) is 3.20. The Kier molecular flexibility index (Phi) is 1.68. The molecule has 0 unspecified atom stereocenters. The third-order valence-electron chi connectivity index (χ3n) is 2.58. The first-order chi connectivity index (χ1) is 7.34. The van der Waals surface area contributed by atoms with Gasteiger partial charge in [-0.1, -0.05) is 0 Å². The Morgan fingerprint density at radius 3 is 2.67 bits per heavy atom. The van der Waals surface area contributed by atoms with E-state index in [2.05, 4.69) is 15.3 Å². The lowest BCUT2D eigenvalue weighted by Crippen LogP contribution is -2.17. The van der Waals surface area contributed by atoms with E-state index in [1.165, 1.54) is 0 Å². The van der Waals surface area contributed by atoms with E-state index in [0.29, 0.717) is 13.0 Å². The third-order valence-corrected chi connectivity index (χ3v) is 2.58.